The van der Waals surface area contributed by atoms with Gasteiger partial charge in [0.25, 0.3) is 0 Å². The second-order valence-electron chi connectivity index (χ2n) is 8.52. The average Bonchev–Trinajstić information content (AvgIpc) is 3.19. The van der Waals surface area contributed by atoms with E-state index in [-0.39, 0.29) is 18.3 Å². The van der Waals surface area contributed by atoms with Crippen LogP contribution < -0.4 is 15.4 Å². The minimum Gasteiger partial charge on any atom is -0.368 e. The molecule has 34 heavy (non-hydrogen) atoms. The number of H-pyrrole nitrogens is 1. The van der Waals surface area contributed by atoms with Crippen molar-refractivity contribution in [1.29, 1.82) is 0 Å². The van der Waals surface area contributed by atoms with E-state index in [0.717, 1.165) is 49.0 Å². The van der Waals surface area contributed by atoms with Crippen LogP contribution in [0.5, 0.6) is 0 Å². The second kappa shape index (κ2) is 11.1. The van der Waals surface area contributed by atoms with Gasteiger partial charge in [0.05, 0.1) is 6.26 Å². The van der Waals surface area contributed by atoms with Crippen LogP contribution in [-0.4, -0.2) is 63.2 Å². The van der Waals surface area contributed by atoms with E-state index in [9.17, 15) is 13.2 Å². The summed E-state index contributed by atoms with van der Waals surface area (Å²) in [5.74, 6) is 0.179. The Bertz CT molecular complexity index is 1220. The van der Waals surface area contributed by atoms with Gasteiger partial charge in [0.2, 0.25) is 15.9 Å². The normalized spacial score (nSPS) is 14.2. The van der Waals surface area contributed by atoms with Crippen LogP contribution in [0.25, 0.3) is 10.9 Å². The summed E-state index contributed by atoms with van der Waals surface area (Å²) in [5.41, 5.74) is 10.8. The molecule has 0 unspecified atom stereocenters. The van der Waals surface area contributed by atoms with Crippen molar-refractivity contribution < 1.29 is 13.2 Å². The van der Waals surface area contributed by atoms with Gasteiger partial charge < -0.3 is 20.5 Å². The Labute approximate surface area is 207 Å². The summed E-state index contributed by atoms with van der Waals surface area (Å²) < 4.78 is 25.2. The molecular formula is C24H32ClN5O3S. The van der Waals surface area contributed by atoms with E-state index in [4.69, 9.17) is 5.73 Å². The van der Waals surface area contributed by atoms with Crippen LogP contribution >= 0.6 is 12.4 Å². The topological polar surface area (TPSA) is 112 Å². The predicted octanol–water partition coefficient (Wildman–Crippen LogP) is 2.74. The molecule has 0 atom stereocenters. The number of amides is 1. The number of anilines is 2. The zero-order valence-electron chi connectivity index (χ0n) is 19.3. The molecule has 2 aromatic carbocycles. The van der Waals surface area contributed by atoms with E-state index in [0.29, 0.717) is 31.7 Å². The van der Waals surface area contributed by atoms with E-state index in [1.165, 1.54) is 10.9 Å². The molecule has 1 saturated heterocycles. The number of aromatic nitrogens is 1. The number of nitrogens with one attached hydrogen (secondary N) is 2. The summed E-state index contributed by atoms with van der Waals surface area (Å²) in [6.45, 7) is 3.48. The smallest absolute Gasteiger partial charge is 0.229 e. The highest BCUT2D eigenvalue weighted by molar-refractivity contribution is 7.92. The Kier molecular flexibility index (Phi) is 8.46. The van der Waals surface area contributed by atoms with Crippen molar-refractivity contribution in [2.75, 3.05) is 48.6 Å². The first-order valence-corrected chi connectivity index (χ1v) is 13.1. The van der Waals surface area contributed by atoms with Crippen LogP contribution in [0.1, 0.15) is 17.5 Å². The second-order valence-corrected chi connectivity index (χ2v) is 10.3. The lowest BCUT2D eigenvalue weighted by Gasteiger charge is -2.36. The van der Waals surface area contributed by atoms with Crippen LogP contribution in [0.4, 0.5) is 11.4 Å². The van der Waals surface area contributed by atoms with Crippen molar-refractivity contribution in [3.05, 3.63) is 59.8 Å². The summed E-state index contributed by atoms with van der Waals surface area (Å²) in [6, 6.07) is 13.7. The Morgan fingerprint density at radius 3 is 2.41 bits per heavy atom. The molecular weight excluding hydrogens is 474 g/mol. The summed E-state index contributed by atoms with van der Waals surface area (Å²) in [7, 11) is -3.28. The van der Waals surface area contributed by atoms with Crippen LogP contribution in [-0.2, 0) is 27.7 Å². The number of nitrogens with two attached hydrogens (primary N) is 1. The maximum absolute atomic E-state index is 12.8. The molecule has 1 aliphatic rings. The first-order valence-electron chi connectivity index (χ1n) is 11.2. The summed E-state index contributed by atoms with van der Waals surface area (Å²) in [5, 5.41) is 1.19. The van der Waals surface area contributed by atoms with Crippen molar-refractivity contribution in [3.8, 4) is 0 Å². The van der Waals surface area contributed by atoms with Gasteiger partial charge in [0.1, 0.15) is 0 Å². The molecule has 8 nitrogen and oxygen atoms in total. The van der Waals surface area contributed by atoms with Gasteiger partial charge in [-0.3, -0.25) is 9.52 Å². The molecule has 3 aromatic rings. The van der Waals surface area contributed by atoms with E-state index in [1.54, 1.807) is 12.1 Å². The third-order valence-corrected chi connectivity index (χ3v) is 6.65. The SMILES string of the molecule is CS(=O)(=O)Nc1ccc(N2CCN(C(=O)CCc3ccc4[nH]cc(CCN)c4c3)CC2)cc1.Cl. The van der Waals surface area contributed by atoms with Gasteiger partial charge in [-0.2, -0.15) is 0 Å². The molecule has 0 radical (unpaired) electrons. The van der Waals surface area contributed by atoms with Crippen molar-refractivity contribution in [3.63, 3.8) is 0 Å². The zero-order valence-corrected chi connectivity index (χ0v) is 20.9. The van der Waals surface area contributed by atoms with Crippen LogP contribution in [0.15, 0.2) is 48.7 Å². The summed E-state index contributed by atoms with van der Waals surface area (Å²) in [4.78, 5) is 20.2. The van der Waals surface area contributed by atoms with Gasteiger partial charge in [-0.15, -0.1) is 12.4 Å². The number of rotatable bonds is 8. The fourth-order valence-corrected chi connectivity index (χ4v) is 4.89. The minimum absolute atomic E-state index is 0. The van der Waals surface area contributed by atoms with Crippen molar-refractivity contribution in [1.82, 2.24) is 9.88 Å². The third-order valence-electron chi connectivity index (χ3n) is 6.04. The number of fused-ring (bicyclic) bond motifs is 1. The Balaban J connectivity index is 0.00000324. The molecule has 1 amide bonds. The standard InChI is InChI=1S/C24H31N5O3S.ClH/c1-33(31,32)27-20-4-6-21(7-5-20)28-12-14-29(15-13-28)24(30)9-3-18-2-8-23-22(16-18)19(10-11-25)17-26-23;/h2,4-8,16-17,26-27H,3,9-15,25H2,1H3;1H. The Hall–Kier alpha value is -2.75. The van der Waals surface area contributed by atoms with Gasteiger partial charge in [0, 0.05) is 61.1 Å². The Morgan fingerprint density at radius 1 is 1.06 bits per heavy atom. The van der Waals surface area contributed by atoms with Gasteiger partial charge >= 0.3 is 0 Å². The first-order chi connectivity index (χ1) is 15.8. The van der Waals surface area contributed by atoms with Crippen molar-refractivity contribution in [2.24, 2.45) is 5.73 Å². The molecule has 1 fully saturated rings. The van der Waals surface area contributed by atoms with Crippen LogP contribution in [0.3, 0.4) is 0 Å². The lowest BCUT2D eigenvalue weighted by molar-refractivity contribution is -0.131. The van der Waals surface area contributed by atoms with Crippen molar-refractivity contribution >= 4 is 50.6 Å². The molecule has 0 aliphatic carbocycles. The molecule has 0 spiro atoms. The number of carbonyl (C=O) groups excluding carboxylic acids is 1. The third kappa shape index (κ3) is 6.43. The first kappa shape index (κ1) is 25.9. The largest absolute Gasteiger partial charge is 0.368 e. The molecule has 4 N–H and O–H groups in total. The monoisotopic (exact) mass is 505 g/mol. The lowest BCUT2D eigenvalue weighted by atomic mass is 10.0. The Morgan fingerprint density at radius 2 is 1.76 bits per heavy atom. The number of aromatic amines is 1. The maximum Gasteiger partial charge on any atom is 0.229 e. The highest BCUT2D eigenvalue weighted by Gasteiger charge is 2.21. The highest BCUT2D eigenvalue weighted by Crippen LogP contribution is 2.22. The number of halogens is 1. The van der Waals surface area contributed by atoms with Gasteiger partial charge in [-0.05, 0) is 66.9 Å². The minimum atomic E-state index is -3.28. The molecule has 0 saturated carbocycles. The van der Waals surface area contributed by atoms with E-state index >= 15 is 0 Å². The average molecular weight is 506 g/mol. The predicted molar refractivity (Wildman–Crippen MR) is 140 cm³/mol. The quantitative estimate of drug-likeness (QED) is 0.436. The summed E-state index contributed by atoms with van der Waals surface area (Å²) in [6.07, 6.45) is 5.20. The molecule has 2 heterocycles. The van der Waals surface area contributed by atoms with Gasteiger partial charge in [-0.25, -0.2) is 8.42 Å². The van der Waals surface area contributed by atoms with Crippen molar-refractivity contribution in [2.45, 2.75) is 19.3 Å². The number of piperazine rings is 1. The van der Waals surface area contributed by atoms with Gasteiger partial charge in [0.15, 0.2) is 0 Å². The van der Waals surface area contributed by atoms with E-state index in [2.05, 4.69) is 32.8 Å². The molecule has 1 aliphatic heterocycles. The number of sulfonamides is 1. The number of aryl methyl sites for hydroxylation is 1. The van der Waals surface area contributed by atoms with E-state index in [1.807, 2.05) is 23.2 Å². The molecule has 10 heteroatoms. The van der Waals surface area contributed by atoms with E-state index < -0.39 is 10.0 Å². The molecule has 4 rings (SSSR count). The summed E-state index contributed by atoms with van der Waals surface area (Å²) >= 11 is 0. The fraction of sp³-hybridized carbons (Fsp3) is 0.375. The number of hydrogen-bond acceptors (Lipinski definition) is 5. The maximum atomic E-state index is 12.8. The fourth-order valence-electron chi connectivity index (χ4n) is 4.32. The lowest BCUT2D eigenvalue weighted by Crippen LogP contribution is -2.48. The number of nitrogens with zero attached hydrogens (tertiary/aromatic N) is 2. The molecule has 184 valence electrons. The number of carbonyl (C=O) groups is 1. The zero-order chi connectivity index (χ0) is 23.4. The van der Waals surface area contributed by atoms with Crippen LogP contribution in [0.2, 0.25) is 0 Å². The molecule has 0 bridgehead atoms. The van der Waals surface area contributed by atoms with Crippen LogP contribution in [0, 0.1) is 0 Å². The molecule has 1 aromatic heterocycles. The number of benzene rings is 2. The number of hydrogen-bond donors (Lipinski definition) is 3. The highest BCUT2D eigenvalue weighted by atomic mass is 35.5. The van der Waals surface area contributed by atoms with Gasteiger partial charge in [-0.1, -0.05) is 6.07 Å².